The minimum atomic E-state index is -0.427. The summed E-state index contributed by atoms with van der Waals surface area (Å²) in [7, 11) is 3.59. The average Bonchev–Trinajstić information content (AvgIpc) is 4.13. The molecule has 0 radical (unpaired) electrons. The Balaban J connectivity index is 0.000000164. The number of halogens is 1. The highest BCUT2D eigenvalue weighted by Gasteiger charge is 2.43. The number of anilines is 5. The molecule has 4 fully saturated rings. The molecule has 2 atom stereocenters. The zero-order chi connectivity index (χ0) is 42.8. The van der Waals surface area contributed by atoms with Crippen molar-refractivity contribution >= 4 is 68.9 Å². The molecule has 4 amide bonds. The van der Waals surface area contributed by atoms with E-state index in [4.69, 9.17) is 14.7 Å². The number of fused-ring (bicyclic) bond motifs is 2. The molecule has 2 aliphatic carbocycles. The van der Waals surface area contributed by atoms with Gasteiger partial charge in [-0.2, -0.15) is 9.97 Å². The number of imidazole rings is 2. The van der Waals surface area contributed by atoms with E-state index in [-0.39, 0.29) is 37.4 Å². The minimum Gasteiger partial charge on any atom is -0.448 e. The zero-order valence-corrected chi connectivity index (χ0v) is 36.4. The number of hydrogen-bond acceptors (Lipinski definition) is 14. The second-order valence-electron chi connectivity index (χ2n) is 15.6. The average molecular weight is 920 g/mol. The Hall–Kier alpha value is -5.86. The first-order valence-electron chi connectivity index (χ1n) is 21.0. The number of alkyl carbamates (subject to hydrolysis) is 1. The van der Waals surface area contributed by atoms with Crippen molar-refractivity contribution in [2.24, 2.45) is 0 Å². The van der Waals surface area contributed by atoms with Crippen LogP contribution in [0.5, 0.6) is 0 Å². The van der Waals surface area contributed by atoms with Gasteiger partial charge in [0.25, 0.3) is 0 Å². The fraction of sp³-hybridized carbons (Fsp3) is 0.561. The Morgan fingerprint density at radius 3 is 1.65 bits per heavy atom. The van der Waals surface area contributed by atoms with Crippen LogP contribution in [-0.2, 0) is 19.1 Å². The summed E-state index contributed by atoms with van der Waals surface area (Å²) in [5.74, 6) is 3.23. The Labute approximate surface area is 369 Å². The predicted octanol–water partition coefficient (Wildman–Crippen LogP) is 5.41. The van der Waals surface area contributed by atoms with E-state index in [0.29, 0.717) is 73.1 Å². The number of nitrogens with one attached hydrogen (secondary N) is 1. The van der Waals surface area contributed by atoms with E-state index < -0.39 is 6.09 Å². The highest BCUT2D eigenvalue weighted by atomic mass is 79.9. The van der Waals surface area contributed by atoms with Gasteiger partial charge in [0.1, 0.15) is 36.7 Å². The van der Waals surface area contributed by atoms with Crippen LogP contribution in [0.1, 0.15) is 85.5 Å². The van der Waals surface area contributed by atoms with E-state index in [0.717, 1.165) is 62.3 Å². The van der Waals surface area contributed by atoms with Gasteiger partial charge in [0, 0.05) is 51.0 Å². The first-order chi connectivity index (χ1) is 29.6. The van der Waals surface area contributed by atoms with Crippen LogP contribution in [0.25, 0.3) is 11.9 Å². The van der Waals surface area contributed by atoms with E-state index in [1.165, 1.54) is 17.7 Å². The van der Waals surface area contributed by atoms with Crippen LogP contribution >= 0.6 is 15.9 Å². The topological polar surface area (TPSA) is 202 Å². The predicted molar refractivity (Wildman–Crippen MR) is 235 cm³/mol. The second-order valence-corrected chi connectivity index (χ2v) is 16.3. The number of nitrogens with zero attached hydrogens (tertiary/aromatic N) is 13. The Bertz CT molecular complexity index is 2250. The van der Waals surface area contributed by atoms with Gasteiger partial charge in [0.2, 0.25) is 29.7 Å². The third-order valence-corrected chi connectivity index (χ3v) is 12.6. The number of cyclic esters (lactones) is 2. The molecule has 6 aliphatic rings. The van der Waals surface area contributed by atoms with Gasteiger partial charge in [-0.1, -0.05) is 47.0 Å². The summed E-state index contributed by atoms with van der Waals surface area (Å²) < 4.78 is 13.6. The van der Waals surface area contributed by atoms with Crippen molar-refractivity contribution in [2.75, 3.05) is 64.9 Å². The van der Waals surface area contributed by atoms with Gasteiger partial charge in [-0.25, -0.2) is 34.4 Å². The highest BCUT2D eigenvalue weighted by Crippen LogP contribution is 2.41. The Morgan fingerprint density at radius 1 is 0.710 bits per heavy atom. The molecule has 2 saturated heterocycles. The van der Waals surface area contributed by atoms with Crippen LogP contribution in [0.3, 0.4) is 0 Å². The van der Waals surface area contributed by atoms with Crippen LogP contribution in [0.2, 0.25) is 0 Å². The highest BCUT2D eigenvalue weighted by molar-refractivity contribution is 9.10. The number of likely N-dealkylation sites (N-methyl/N-ethyl adjacent to an activating group) is 2. The molecule has 20 nitrogen and oxygen atoms in total. The monoisotopic (exact) mass is 918 g/mol. The lowest BCUT2D eigenvalue weighted by Gasteiger charge is -2.43. The molecular weight excluding hydrogens is 864 g/mol. The van der Waals surface area contributed by atoms with Crippen molar-refractivity contribution in [1.82, 2.24) is 44.4 Å². The summed E-state index contributed by atoms with van der Waals surface area (Å²) >= 11 is 3.42. The van der Waals surface area contributed by atoms with Crippen molar-refractivity contribution < 1.29 is 28.7 Å². The van der Waals surface area contributed by atoms with E-state index in [1.807, 2.05) is 20.2 Å². The van der Waals surface area contributed by atoms with Gasteiger partial charge in [0.05, 0.1) is 25.5 Å². The number of rotatable bonds is 7. The molecule has 62 heavy (non-hydrogen) atoms. The van der Waals surface area contributed by atoms with Gasteiger partial charge in [0.15, 0.2) is 16.4 Å². The van der Waals surface area contributed by atoms with Gasteiger partial charge < -0.3 is 34.4 Å². The molecule has 332 valence electrons. The Morgan fingerprint density at radius 2 is 1.23 bits per heavy atom. The molecule has 8 heterocycles. The van der Waals surface area contributed by atoms with Gasteiger partial charge >= 0.3 is 12.2 Å². The molecule has 0 unspecified atom stereocenters. The molecule has 4 aliphatic heterocycles. The third-order valence-electron chi connectivity index (χ3n) is 12.1. The fourth-order valence-corrected chi connectivity index (χ4v) is 9.38. The van der Waals surface area contributed by atoms with Crippen LogP contribution < -0.4 is 29.8 Å². The summed E-state index contributed by atoms with van der Waals surface area (Å²) in [4.78, 5) is 84.3. The maximum absolute atomic E-state index is 13.0. The molecule has 0 aromatic carbocycles. The van der Waals surface area contributed by atoms with Crippen LogP contribution in [0, 0.1) is 0 Å². The molecule has 1 N–H and O–H groups in total. The molecule has 4 aromatic rings. The molecular formula is C41H55BrN14O6. The normalized spacial score (nSPS) is 21.1. The molecule has 2 saturated carbocycles. The summed E-state index contributed by atoms with van der Waals surface area (Å²) in [5, 5.41) is 2.46. The lowest BCUT2D eigenvalue weighted by Crippen LogP contribution is -2.55. The van der Waals surface area contributed by atoms with Crippen molar-refractivity contribution in [2.45, 2.75) is 110 Å². The minimum absolute atomic E-state index is 0. The largest absolute Gasteiger partial charge is 0.448 e. The summed E-state index contributed by atoms with van der Waals surface area (Å²) in [5.41, 5.74) is 1.49. The summed E-state index contributed by atoms with van der Waals surface area (Å²) in [6, 6.07) is 0.277. The van der Waals surface area contributed by atoms with E-state index in [2.05, 4.69) is 62.6 Å². The number of ether oxygens (including phenoxy) is 2. The van der Waals surface area contributed by atoms with Gasteiger partial charge in [-0.15, -0.1) is 0 Å². The summed E-state index contributed by atoms with van der Waals surface area (Å²) in [6.07, 6.45) is 20.2. The van der Waals surface area contributed by atoms with Crippen LogP contribution in [0.15, 0.2) is 41.9 Å². The lowest BCUT2D eigenvalue weighted by atomic mass is 10.0. The molecule has 21 heteroatoms. The van der Waals surface area contributed by atoms with Crippen LogP contribution in [0.4, 0.5) is 38.5 Å². The zero-order valence-electron chi connectivity index (χ0n) is 34.8. The fourth-order valence-electron chi connectivity index (χ4n) is 8.99. The molecule has 4 aromatic heterocycles. The first kappa shape index (κ1) is 44.2. The van der Waals surface area contributed by atoms with Gasteiger partial charge in [-0.05, 0) is 54.5 Å². The van der Waals surface area contributed by atoms with Crippen molar-refractivity contribution in [3.05, 3.63) is 41.9 Å². The quantitative estimate of drug-likeness (QED) is 0.246. The van der Waals surface area contributed by atoms with E-state index >= 15 is 0 Å². The number of amides is 4. The first-order valence-corrected chi connectivity index (χ1v) is 21.8. The maximum atomic E-state index is 13.0. The van der Waals surface area contributed by atoms with Crippen molar-refractivity contribution in [3.63, 3.8) is 0 Å². The van der Waals surface area contributed by atoms with Gasteiger partial charge in [-0.3, -0.25) is 18.7 Å². The smallest absolute Gasteiger partial charge is 0.416 e. The van der Waals surface area contributed by atoms with E-state index in [1.54, 1.807) is 57.0 Å². The van der Waals surface area contributed by atoms with Crippen molar-refractivity contribution in [1.29, 1.82) is 0 Å². The SMILES string of the molecule is C.CC[C@@H]1C(=O)N(C)c2cnc(-n3ccnc3Br)nc2N1C1CCCC1.CC[C@@H]1C(=O)N(C)c2cnc(-n3ccnc3N3CCOC3=O)nc2N1C1CCCC1.O=C1NCCO1. The second kappa shape index (κ2) is 19.0. The number of carbonyl (C=O) groups excluding carboxylic acids is 4. The van der Waals surface area contributed by atoms with Crippen molar-refractivity contribution in [3.8, 4) is 11.9 Å². The number of carbonyl (C=O) groups is 4. The molecule has 0 bridgehead atoms. The molecule has 0 spiro atoms. The maximum Gasteiger partial charge on any atom is 0.416 e. The lowest BCUT2D eigenvalue weighted by molar-refractivity contribution is -0.120. The third kappa shape index (κ3) is 8.37. The van der Waals surface area contributed by atoms with E-state index in [9.17, 15) is 19.2 Å². The standard InChI is InChI=1S/C20H25N7O3.C17H21BrN6O.C3H5NO2.CH4/c1-3-14-17(28)24(2)15-12-22-18(23-16(15)27(14)13-6-4-5-7-13)25-9-8-21-19(25)26-10-11-30-20(26)29;1-3-12-15(25)22(2)13-10-20-17(23-9-8-19-16(23)18)21-14(13)24(12)11-6-4-5-7-11;5-3-4-1-2-6-3;/h8-9,12-14H,3-7,10-11H2,1-2H3;8-12H,3-7H2,1-2H3;1-2H2,(H,4,5);1H4/t14-;12-;;/m11../s1. The molecule has 10 rings (SSSR count). The Kier molecular flexibility index (Phi) is 13.6. The number of hydrogen-bond donors (Lipinski definition) is 1. The summed E-state index contributed by atoms with van der Waals surface area (Å²) in [6.45, 7) is 6.06. The van der Waals surface area contributed by atoms with Crippen LogP contribution in [-0.4, -0.2) is 128 Å². The number of aromatic nitrogens is 8.